The number of hydrogen-bond donors (Lipinski definition) is 0. The number of carbonyl (C=O) groups is 2. The van der Waals surface area contributed by atoms with Crippen molar-refractivity contribution in [2.45, 2.75) is 39.5 Å². The van der Waals surface area contributed by atoms with Crippen LogP contribution in [0.4, 0.5) is 0 Å². The van der Waals surface area contributed by atoms with Crippen molar-refractivity contribution in [3.63, 3.8) is 0 Å². The van der Waals surface area contributed by atoms with Gasteiger partial charge in [0.15, 0.2) is 0 Å². The number of esters is 2. The molecule has 27 heavy (non-hydrogen) atoms. The molecular weight excluding hydrogens is 342 g/mol. The van der Waals surface area contributed by atoms with Gasteiger partial charge in [0.2, 0.25) is 0 Å². The topological polar surface area (TPSA) is 57.5 Å². The van der Waals surface area contributed by atoms with Gasteiger partial charge < -0.3 is 14.0 Å². The summed E-state index contributed by atoms with van der Waals surface area (Å²) in [6, 6.07) is 16.7. The highest BCUT2D eigenvalue weighted by Gasteiger charge is 2.17. The third-order valence-electron chi connectivity index (χ3n) is 3.94. The quantitative estimate of drug-likeness (QED) is 0.631. The highest BCUT2D eigenvalue weighted by Crippen LogP contribution is 2.19. The van der Waals surface area contributed by atoms with Gasteiger partial charge in [0.05, 0.1) is 5.56 Å². The van der Waals surface area contributed by atoms with Crippen LogP contribution in [0.5, 0.6) is 0 Å². The Balaban J connectivity index is 1.69. The van der Waals surface area contributed by atoms with E-state index in [1.807, 2.05) is 74.0 Å². The van der Waals surface area contributed by atoms with Gasteiger partial charge in [0.25, 0.3) is 0 Å². The highest BCUT2D eigenvalue weighted by molar-refractivity contribution is 5.95. The van der Waals surface area contributed by atoms with Crippen molar-refractivity contribution in [1.29, 1.82) is 0 Å². The molecular formula is C22H23NO4. The van der Waals surface area contributed by atoms with Crippen LogP contribution in [0.3, 0.4) is 0 Å². The maximum Gasteiger partial charge on any atom is 0.338 e. The maximum atomic E-state index is 12.3. The number of rotatable bonds is 5. The molecule has 0 fully saturated rings. The molecule has 2 aromatic carbocycles. The Morgan fingerprint density at radius 2 is 1.74 bits per heavy atom. The Hall–Kier alpha value is -3.08. The van der Waals surface area contributed by atoms with Crippen molar-refractivity contribution in [1.82, 2.24) is 4.57 Å². The Bertz CT molecular complexity index is 951. The van der Waals surface area contributed by atoms with Crippen molar-refractivity contribution in [3.05, 3.63) is 71.9 Å². The average Bonchev–Trinajstić information content (AvgIpc) is 3.01. The summed E-state index contributed by atoms with van der Waals surface area (Å²) in [7, 11) is 0. The Morgan fingerprint density at radius 1 is 1.00 bits per heavy atom. The van der Waals surface area contributed by atoms with E-state index in [-0.39, 0.29) is 25.1 Å². The highest BCUT2D eigenvalue weighted by atomic mass is 16.6. The molecule has 3 rings (SSSR count). The molecule has 0 saturated carbocycles. The fourth-order valence-electron chi connectivity index (χ4n) is 2.78. The van der Waals surface area contributed by atoms with E-state index in [1.54, 1.807) is 12.1 Å². The van der Waals surface area contributed by atoms with E-state index in [4.69, 9.17) is 9.47 Å². The first-order chi connectivity index (χ1) is 12.8. The van der Waals surface area contributed by atoms with Gasteiger partial charge in [-0.05, 0) is 50.6 Å². The van der Waals surface area contributed by atoms with Crippen LogP contribution in [-0.2, 0) is 27.4 Å². The second-order valence-corrected chi connectivity index (χ2v) is 7.37. The summed E-state index contributed by atoms with van der Waals surface area (Å²) in [5.41, 5.74) is 1.76. The predicted octanol–water partition coefficient (Wildman–Crippen LogP) is 4.34. The van der Waals surface area contributed by atoms with Crippen molar-refractivity contribution < 1.29 is 19.1 Å². The SMILES string of the molecule is CC(C)(C)OC(=O)Cn1ccc2cc(C(=O)OCc3ccccc3)ccc21. The van der Waals surface area contributed by atoms with Crippen molar-refractivity contribution >= 4 is 22.8 Å². The summed E-state index contributed by atoms with van der Waals surface area (Å²) >= 11 is 0. The second kappa shape index (κ2) is 7.66. The minimum absolute atomic E-state index is 0.124. The van der Waals surface area contributed by atoms with Crippen LogP contribution in [0, 0.1) is 0 Å². The van der Waals surface area contributed by atoms with E-state index in [1.165, 1.54) is 0 Å². The first kappa shape index (κ1) is 18.7. The normalized spacial score (nSPS) is 11.4. The summed E-state index contributed by atoms with van der Waals surface area (Å²) in [5, 5.41) is 0.868. The zero-order chi connectivity index (χ0) is 19.4. The van der Waals surface area contributed by atoms with E-state index in [0.29, 0.717) is 5.56 Å². The van der Waals surface area contributed by atoms with E-state index in [2.05, 4.69) is 0 Å². The van der Waals surface area contributed by atoms with E-state index < -0.39 is 5.60 Å². The standard InChI is InChI=1S/C22H23NO4/c1-22(2,3)27-20(24)14-23-12-11-17-13-18(9-10-19(17)23)21(25)26-15-16-7-5-4-6-8-16/h4-13H,14-15H2,1-3H3. The monoisotopic (exact) mass is 365 g/mol. The van der Waals surface area contributed by atoms with Gasteiger partial charge in [-0.25, -0.2) is 4.79 Å². The largest absolute Gasteiger partial charge is 0.459 e. The van der Waals surface area contributed by atoms with E-state index >= 15 is 0 Å². The van der Waals surface area contributed by atoms with Gasteiger partial charge in [-0.15, -0.1) is 0 Å². The summed E-state index contributed by atoms with van der Waals surface area (Å²) in [4.78, 5) is 24.3. The molecule has 0 spiro atoms. The summed E-state index contributed by atoms with van der Waals surface area (Å²) in [5.74, 6) is -0.674. The molecule has 0 bridgehead atoms. The smallest absolute Gasteiger partial charge is 0.338 e. The zero-order valence-corrected chi connectivity index (χ0v) is 15.8. The zero-order valence-electron chi connectivity index (χ0n) is 15.8. The Labute approximate surface area is 158 Å². The van der Waals surface area contributed by atoms with Crippen LogP contribution < -0.4 is 0 Å². The second-order valence-electron chi connectivity index (χ2n) is 7.37. The van der Waals surface area contributed by atoms with E-state index in [0.717, 1.165) is 16.5 Å². The van der Waals surface area contributed by atoms with Gasteiger partial charge >= 0.3 is 11.9 Å². The molecule has 0 N–H and O–H groups in total. The number of hydrogen-bond acceptors (Lipinski definition) is 4. The molecule has 0 unspecified atom stereocenters. The molecule has 0 aliphatic rings. The number of nitrogens with zero attached hydrogens (tertiary/aromatic N) is 1. The molecule has 3 aromatic rings. The number of ether oxygens (including phenoxy) is 2. The minimum Gasteiger partial charge on any atom is -0.459 e. The Morgan fingerprint density at radius 3 is 2.44 bits per heavy atom. The molecule has 1 aromatic heterocycles. The van der Waals surface area contributed by atoms with Crippen LogP contribution in [0.25, 0.3) is 10.9 Å². The minimum atomic E-state index is -0.518. The molecule has 0 aliphatic heterocycles. The van der Waals surface area contributed by atoms with Crippen LogP contribution in [-0.4, -0.2) is 22.1 Å². The van der Waals surface area contributed by atoms with Gasteiger partial charge in [0.1, 0.15) is 18.8 Å². The molecule has 0 atom stereocenters. The average molecular weight is 365 g/mol. The van der Waals surface area contributed by atoms with Gasteiger partial charge in [-0.1, -0.05) is 30.3 Å². The van der Waals surface area contributed by atoms with Crippen LogP contribution >= 0.6 is 0 Å². The van der Waals surface area contributed by atoms with Gasteiger partial charge in [-0.2, -0.15) is 0 Å². The lowest BCUT2D eigenvalue weighted by Crippen LogP contribution is -2.26. The van der Waals surface area contributed by atoms with Crippen molar-refractivity contribution in [2.24, 2.45) is 0 Å². The molecule has 1 heterocycles. The third-order valence-corrected chi connectivity index (χ3v) is 3.94. The Kier molecular flexibility index (Phi) is 5.31. The third kappa shape index (κ3) is 4.97. The number of benzene rings is 2. The molecule has 0 amide bonds. The summed E-state index contributed by atoms with van der Waals surface area (Å²) < 4.78 is 12.5. The van der Waals surface area contributed by atoms with Crippen LogP contribution in [0.2, 0.25) is 0 Å². The predicted molar refractivity (Wildman–Crippen MR) is 103 cm³/mol. The van der Waals surface area contributed by atoms with Gasteiger partial charge in [0, 0.05) is 17.1 Å². The fraction of sp³-hybridized carbons (Fsp3) is 0.273. The molecule has 5 nitrogen and oxygen atoms in total. The number of fused-ring (bicyclic) bond motifs is 1. The molecule has 0 saturated heterocycles. The molecule has 0 radical (unpaired) electrons. The summed E-state index contributed by atoms with van der Waals surface area (Å²) in [6.07, 6.45) is 1.81. The molecule has 5 heteroatoms. The lowest BCUT2D eigenvalue weighted by molar-refractivity contribution is -0.155. The lowest BCUT2D eigenvalue weighted by atomic mass is 10.1. The first-order valence-corrected chi connectivity index (χ1v) is 8.84. The lowest BCUT2D eigenvalue weighted by Gasteiger charge is -2.19. The molecule has 140 valence electrons. The number of aromatic nitrogens is 1. The molecule has 0 aliphatic carbocycles. The van der Waals surface area contributed by atoms with Crippen molar-refractivity contribution in [3.8, 4) is 0 Å². The fourth-order valence-corrected chi connectivity index (χ4v) is 2.78. The first-order valence-electron chi connectivity index (χ1n) is 8.84. The van der Waals surface area contributed by atoms with Gasteiger partial charge in [-0.3, -0.25) is 4.79 Å². The van der Waals surface area contributed by atoms with Crippen LogP contribution in [0.1, 0.15) is 36.7 Å². The summed E-state index contributed by atoms with van der Waals surface area (Å²) in [6.45, 7) is 5.87. The van der Waals surface area contributed by atoms with Crippen molar-refractivity contribution in [2.75, 3.05) is 0 Å². The van der Waals surface area contributed by atoms with Crippen LogP contribution in [0.15, 0.2) is 60.8 Å². The maximum absolute atomic E-state index is 12.3. The number of carbonyl (C=O) groups excluding carboxylic acids is 2. The van der Waals surface area contributed by atoms with E-state index in [9.17, 15) is 9.59 Å².